The summed E-state index contributed by atoms with van der Waals surface area (Å²) in [5, 5.41) is 12.0. The third-order valence-electron chi connectivity index (χ3n) is 2.85. The average Bonchev–Trinajstić information content (AvgIpc) is 2.95. The molecule has 0 N–H and O–H groups in total. The van der Waals surface area contributed by atoms with Gasteiger partial charge in [-0.2, -0.15) is 0 Å². The Morgan fingerprint density at radius 2 is 2.05 bits per heavy atom. The van der Waals surface area contributed by atoms with E-state index in [9.17, 15) is 14.7 Å². The van der Waals surface area contributed by atoms with E-state index >= 15 is 0 Å². The highest BCUT2D eigenvalue weighted by Crippen LogP contribution is 2.26. The van der Waals surface area contributed by atoms with Gasteiger partial charge in [0.1, 0.15) is 5.75 Å². The van der Waals surface area contributed by atoms with Gasteiger partial charge in [-0.3, -0.25) is 4.79 Å². The van der Waals surface area contributed by atoms with E-state index in [0.29, 0.717) is 5.75 Å². The molecule has 0 radical (unpaired) electrons. The lowest BCUT2D eigenvalue weighted by molar-refractivity contribution is -0.255. The monoisotopic (exact) mass is 304 g/mol. The number of carboxylic acids is 1. The standard InChI is InChI=1S/C15H15NO4S/c1-9(2)10-5-3-4-6-13(10)20-7-12(17)14-16-11(8-21-14)15(18)19/h3-6,8-9H,7H2,1-2H3,(H,18,19)/p-1. The zero-order valence-corrected chi connectivity index (χ0v) is 12.5. The maximum absolute atomic E-state index is 11.9. The first-order valence-electron chi connectivity index (χ1n) is 6.41. The van der Waals surface area contributed by atoms with Crippen LogP contribution in [0, 0.1) is 0 Å². The lowest BCUT2D eigenvalue weighted by Gasteiger charge is -2.12. The van der Waals surface area contributed by atoms with Gasteiger partial charge in [0.2, 0.25) is 5.78 Å². The van der Waals surface area contributed by atoms with Gasteiger partial charge in [-0.05, 0) is 17.5 Å². The molecule has 2 rings (SSSR count). The maximum Gasteiger partial charge on any atom is 0.228 e. The van der Waals surface area contributed by atoms with Crippen LogP contribution in [0.3, 0.4) is 0 Å². The molecule has 21 heavy (non-hydrogen) atoms. The fourth-order valence-electron chi connectivity index (χ4n) is 1.79. The quantitative estimate of drug-likeness (QED) is 0.761. The Balaban J connectivity index is 2.05. The SMILES string of the molecule is CC(C)c1ccccc1OCC(=O)c1nc(C(=O)[O-])cs1. The minimum Gasteiger partial charge on any atom is -0.543 e. The molecule has 0 saturated carbocycles. The summed E-state index contributed by atoms with van der Waals surface area (Å²) in [4.78, 5) is 26.3. The molecule has 1 heterocycles. The van der Waals surface area contributed by atoms with Gasteiger partial charge in [0.15, 0.2) is 11.6 Å². The molecule has 0 aliphatic heterocycles. The van der Waals surface area contributed by atoms with Crippen LogP contribution < -0.4 is 9.84 Å². The van der Waals surface area contributed by atoms with Gasteiger partial charge >= 0.3 is 0 Å². The molecule has 0 spiro atoms. The molecular formula is C15H14NO4S-. The zero-order valence-electron chi connectivity index (χ0n) is 11.7. The van der Waals surface area contributed by atoms with Crippen molar-refractivity contribution in [3.05, 3.63) is 45.9 Å². The molecule has 0 bridgehead atoms. The average molecular weight is 304 g/mol. The Bertz CT molecular complexity index is 663. The number of para-hydroxylation sites is 1. The molecule has 0 unspecified atom stereocenters. The van der Waals surface area contributed by atoms with Crippen molar-refractivity contribution >= 4 is 23.1 Å². The predicted molar refractivity (Wildman–Crippen MR) is 76.8 cm³/mol. The van der Waals surface area contributed by atoms with E-state index in [1.54, 1.807) is 6.07 Å². The number of ether oxygens (including phenoxy) is 1. The lowest BCUT2D eigenvalue weighted by atomic mass is 10.0. The molecule has 0 aliphatic rings. The van der Waals surface area contributed by atoms with Crippen LogP contribution in [0.25, 0.3) is 0 Å². The van der Waals surface area contributed by atoms with E-state index in [1.165, 1.54) is 5.38 Å². The Kier molecular flexibility index (Phi) is 4.70. The summed E-state index contributed by atoms with van der Waals surface area (Å²) >= 11 is 0.970. The first kappa shape index (κ1) is 15.2. The topological polar surface area (TPSA) is 79.3 Å². The molecule has 110 valence electrons. The molecule has 1 aromatic carbocycles. The van der Waals surface area contributed by atoms with Crippen LogP contribution in [0.1, 0.15) is 45.6 Å². The van der Waals surface area contributed by atoms with Crippen molar-refractivity contribution in [1.29, 1.82) is 0 Å². The fraction of sp³-hybridized carbons (Fsp3) is 0.267. The first-order valence-corrected chi connectivity index (χ1v) is 7.28. The minimum atomic E-state index is -1.39. The summed E-state index contributed by atoms with van der Waals surface area (Å²) in [6.07, 6.45) is 0. The third-order valence-corrected chi connectivity index (χ3v) is 3.73. The van der Waals surface area contributed by atoms with Gasteiger partial charge in [-0.15, -0.1) is 11.3 Å². The predicted octanol–water partition coefficient (Wildman–Crippen LogP) is 1.89. The van der Waals surface area contributed by atoms with Crippen molar-refractivity contribution in [3.8, 4) is 5.75 Å². The number of rotatable bonds is 6. The molecule has 0 atom stereocenters. The summed E-state index contributed by atoms with van der Waals surface area (Å²) in [6.45, 7) is 3.90. The fourth-order valence-corrected chi connectivity index (χ4v) is 2.50. The number of hydrogen-bond donors (Lipinski definition) is 0. The van der Waals surface area contributed by atoms with Crippen molar-refractivity contribution < 1.29 is 19.4 Å². The van der Waals surface area contributed by atoms with Crippen LogP contribution in [0.15, 0.2) is 29.6 Å². The molecule has 5 nitrogen and oxygen atoms in total. The van der Waals surface area contributed by atoms with Crippen LogP contribution in [0.5, 0.6) is 5.75 Å². The van der Waals surface area contributed by atoms with Crippen molar-refractivity contribution in [2.75, 3.05) is 6.61 Å². The van der Waals surface area contributed by atoms with Crippen molar-refractivity contribution in [2.24, 2.45) is 0 Å². The molecule has 6 heteroatoms. The number of ketones is 1. The van der Waals surface area contributed by atoms with E-state index in [2.05, 4.69) is 4.98 Å². The number of carbonyl (C=O) groups excluding carboxylic acids is 2. The number of carbonyl (C=O) groups is 2. The van der Waals surface area contributed by atoms with E-state index < -0.39 is 5.97 Å². The summed E-state index contributed by atoms with van der Waals surface area (Å²) in [5.74, 6) is -0.819. The van der Waals surface area contributed by atoms with Crippen molar-refractivity contribution in [2.45, 2.75) is 19.8 Å². The third kappa shape index (κ3) is 3.66. The van der Waals surface area contributed by atoms with Crippen LogP contribution in [-0.2, 0) is 0 Å². The number of benzene rings is 1. The zero-order chi connectivity index (χ0) is 15.4. The van der Waals surface area contributed by atoms with Gasteiger partial charge in [-0.1, -0.05) is 32.0 Å². The maximum atomic E-state index is 11.9. The number of nitrogens with zero attached hydrogens (tertiary/aromatic N) is 1. The number of thiazole rings is 1. The van der Waals surface area contributed by atoms with E-state index in [1.807, 2.05) is 32.0 Å². The Morgan fingerprint density at radius 1 is 1.33 bits per heavy atom. The molecule has 0 fully saturated rings. The van der Waals surface area contributed by atoms with Crippen LogP contribution in [-0.4, -0.2) is 23.3 Å². The summed E-state index contributed by atoms with van der Waals surface area (Å²) in [7, 11) is 0. The van der Waals surface area contributed by atoms with E-state index in [4.69, 9.17) is 4.74 Å². The Labute approximate surface area is 126 Å². The van der Waals surface area contributed by atoms with Gasteiger partial charge in [-0.25, -0.2) is 4.98 Å². The van der Waals surface area contributed by atoms with Crippen molar-refractivity contribution in [3.63, 3.8) is 0 Å². The van der Waals surface area contributed by atoms with Gasteiger partial charge in [0.05, 0.1) is 11.7 Å². The number of aromatic nitrogens is 1. The molecule has 0 aliphatic carbocycles. The number of hydrogen-bond acceptors (Lipinski definition) is 6. The lowest BCUT2D eigenvalue weighted by Crippen LogP contribution is -2.23. The minimum absolute atomic E-state index is 0.108. The molecular weight excluding hydrogens is 290 g/mol. The van der Waals surface area contributed by atoms with Crippen LogP contribution in [0.2, 0.25) is 0 Å². The first-order chi connectivity index (χ1) is 9.99. The van der Waals surface area contributed by atoms with Gasteiger partial charge in [0.25, 0.3) is 0 Å². The summed E-state index contributed by atoms with van der Waals surface area (Å²) < 4.78 is 5.54. The summed E-state index contributed by atoms with van der Waals surface area (Å²) in [5.41, 5.74) is 0.783. The highest BCUT2D eigenvalue weighted by molar-refractivity contribution is 7.11. The van der Waals surface area contributed by atoms with E-state index in [0.717, 1.165) is 16.9 Å². The highest BCUT2D eigenvalue weighted by Gasteiger charge is 2.14. The Morgan fingerprint density at radius 3 is 2.67 bits per heavy atom. The smallest absolute Gasteiger partial charge is 0.228 e. The molecule has 2 aromatic rings. The molecule has 0 saturated heterocycles. The normalized spacial score (nSPS) is 10.6. The summed E-state index contributed by atoms with van der Waals surface area (Å²) in [6, 6.07) is 7.50. The van der Waals surface area contributed by atoms with Gasteiger partial charge in [0, 0.05) is 5.38 Å². The molecule has 0 amide bonds. The van der Waals surface area contributed by atoms with Crippen LogP contribution in [0.4, 0.5) is 0 Å². The highest BCUT2D eigenvalue weighted by atomic mass is 32.1. The van der Waals surface area contributed by atoms with E-state index in [-0.39, 0.29) is 29.0 Å². The number of carboxylic acid groups (broad SMARTS) is 1. The second kappa shape index (κ2) is 6.49. The number of aromatic carboxylic acids is 1. The second-order valence-corrected chi connectivity index (χ2v) is 5.59. The van der Waals surface area contributed by atoms with Crippen molar-refractivity contribution in [1.82, 2.24) is 4.98 Å². The van der Waals surface area contributed by atoms with Gasteiger partial charge < -0.3 is 14.6 Å². The van der Waals surface area contributed by atoms with Crippen LogP contribution >= 0.6 is 11.3 Å². The largest absolute Gasteiger partial charge is 0.543 e. The second-order valence-electron chi connectivity index (χ2n) is 4.73. The molecule has 1 aromatic heterocycles. The Hall–Kier alpha value is -2.21. The number of Topliss-reactive ketones (excluding diaryl/α,β-unsaturated/α-hetero) is 1.